The van der Waals surface area contributed by atoms with Crippen LogP contribution in [0.4, 0.5) is 0 Å². The number of rotatable bonds is 6. The van der Waals surface area contributed by atoms with Gasteiger partial charge in [0.05, 0.1) is 12.1 Å². The fourth-order valence-corrected chi connectivity index (χ4v) is 3.84. The number of nitrogens with one attached hydrogen (secondary N) is 1. The van der Waals surface area contributed by atoms with Crippen LogP contribution in [0.1, 0.15) is 67.1 Å². The standard InChI is InChI=1S/C21H28N4O3/c1-15(20-24-23-19-7-3-2-4-12-25(19)20)22-21(26)16-8-10-17(11-9-16)28-14-18-6-5-13-27-18/h8-11,15,18H,2-7,12-14H2,1H3,(H,22,26)/t15-,18+/m1/s1. The van der Waals surface area contributed by atoms with Crippen LogP contribution in [0.5, 0.6) is 5.75 Å². The van der Waals surface area contributed by atoms with E-state index in [0.29, 0.717) is 12.2 Å². The van der Waals surface area contributed by atoms with Gasteiger partial charge in [0.1, 0.15) is 18.2 Å². The van der Waals surface area contributed by atoms with Gasteiger partial charge in [0.2, 0.25) is 0 Å². The normalized spacial score (nSPS) is 20.2. The third-order valence-corrected chi connectivity index (χ3v) is 5.45. The van der Waals surface area contributed by atoms with Crippen LogP contribution < -0.4 is 10.1 Å². The summed E-state index contributed by atoms with van der Waals surface area (Å²) in [4.78, 5) is 12.6. The third kappa shape index (κ3) is 4.35. The van der Waals surface area contributed by atoms with Gasteiger partial charge in [-0.25, -0.2) is 0 Å². The Morgan fingerprint density at radius 1 is 1.25 bits per heavy atom. The molecule has 0 radical (unpaired) electrons. The summed E-state index contributed by atoms with van der Waals surface area (Å²) >= 11 is 0. The molecular weight excluding hydrogens is 356 g/mol. The zero-order valence-electron chi connectivity index (χ0n) is 16.4. The molecule has 150 valence electrons. The summed E-state index contributed by atoms with van der Waals surface area (Å²) in [6, 6.07) is 7.05. The monoisotopic (exact) mass is 384 g/mol. The Bertz CT molecular complexity index is 796. The van der Waals surface area contributed by atoms with Crippen molar-refractivity contribution in [3.05, 3.63) is 41.5 Å². The molecule has 7 nitrogen and oxygen atoms in total. The number of hydrogen-bond acceptors (Lipinski definition) is 5. The van der Waals surface area contributed by atoms with Crippen molar-refractivity contribution >= 4 is 5.91 Å². The maximum atomic E-state index is 12.6. The molecule has 1 aromatic heterocycles. The van der Waals surface area contributed by atoms with Crippen molar-refractivity contribution in [2.45, 2.75) is 64.1 Å². The lowest BCUT2D eigenvalue weighted by atomic mass is 10.2. The first-order valence-electron chi connectivity index (χ1n) is 10.3. The molecular formula is C21H28N4O3. The van der Waals surface area contributed by atoms with Crippen LogP contribution in [0, 0.1) is 0 Å². The Kier molecular flexibility index (Phi) is 5.90. The minimum absolute atomic E-state index is 0.121. The van der Waals surface area contributed by atoms with Crippen LogP contribution in [-0.2, 0) is 17.7 Å². The molecule has 1 saturated heterocycles. The highest BCUT2D eigenvalue weighted by atomic mass is 16.5. The summed E-state index contributed by atoms with van der Waals surface area (Å²) < 4.78 is 13.5. The van der Waals surface area contributed by atoms with Crippen molar-refractivity contribution in [1.29, 1.82) is 0 Å². The van der Waals surface area contributed by atoms with E-state index in [2.05, 4.69) is 20.1 Å². The first kappa shape index (κ1) is 18.9. The van der Waals surface area contributed by atoms with Gasteiger partial charge in [-0.3, -0.25) is 4.79 Å². The smallest absolute Gasteiger partial charge is 0.251 e. The van der Waals surface area contributed by atoms with Crippen LogP contribution in [-0.4, -0.2) is 40.0 Å². The van der Waals surface area contributed by atoms with Crippen molar-refractivity contribution in [2.24, 2.45) is 0 Å². The highest BCUT2D eigenvalue weighted by Crippen LogP contribution is 2.20. The molecule has 2 aliphatic rings. The van der Waals surface area contributed by atoms with Gasteiger partial charge in [0.25, 0.3) is 5.91 Å². The van der Waals surface area contributed by atoms with E-state index in [-0.39, 0.29) is 18.1 Å². The molecule has 4 rings (SSSR count). The lowest BCUT2D eigenvalue weighted by Crippen LogP contribution is -2.29. The number of carbonyl (C=O) groups excluding carboxylic acids is 1. The molecule has 1 aromatic carbocycles. The topological polar surface area (TPSA) is 78.3 Å². The summed E-state index contributed by atoms with van der Waals surface area (Å²) in [5.41, 5.74) is 0.604. The summed E-state index contributed by atoms with van der Waals surface area (Å²) in [5, 5.41) is 11.7. The van der Waals surface area contributed by atoms with E-state index in [1.165, 1.54) is 6.42 Å². The summed E-state index contributed by atoms with van der Waals surface area (Å²) in [6.45, 7) is 4.26. The van der Waals surface area contributed by atoms with E-state index in [0.717, 1.165) is 62.7 Å². The number of fused-ring (bicyclic) bond motifs is 1. The van der Waals surface area contributed by atoms with Crippen molar-refractivity contribution in [2.75, 3.05) is 13.2 Å². The second kappa shape index (κ2) is 8.73. The highest BCUT2D eigenvalue weighted by molar-refractivity contribution is 5.94. The molecule has 2 aromatic rings. The summed E-state index contributed by atoms with van der Waals surface area (Å²) in [5.74, 6) is 2.50. The summed E-state index contributed by atoms with van der Waals surface area (Å²) in [6.07, 6.45) is 6.78. The van der Waals surface area contributed by atoms with Gasteiger partial charge >= 0.3 is 0 Å². The maximum absolute atomic E-state index is 12.6. The lowest BCUT2D eigenvalue weighted by molar-refractivity contribution is 0.0679. The maximum Gasteiger partial charge on any atom is 0.251 e. The first-order valence-corrected chi connectivity index (χ1v) is 10.3. The number of aromatic nitrogens is 3. The van der Waals surface area contributed by atoms with E-state index < -0.39 is 0 Å². The molecule has 0 spiro atoms. The largest absolute Gasteiger partial charge is 0.491 e. The number of carbonyl (C=O) groups is 1. The fraction of sp³-hybridized carbons (Fsp3) is 0.571. The average molecular weight is 384 g/mol. The van der Waals surface area contributed by atoms with E-state index >= 15 is 0 Å². The number of amides is 1. The zero-order chi connectivity index (χ0) is 19.3. The number of aryl methyl sites for hydroxylation is 1. The van der Waals surface area contributed by atoms with Crippen molar-refractivity contribution in [3.63, 3.8) is 0 Å². The second-order valence-electron chi connectivity index (χ2n) is 7.60. The van der Waals surface area contributed by atoms with Gasteiger partial charge in [-0.15, -0.1) is 10.2 Å². The van der Waals surface area contributed by atoms with Crippen LogP contribution in [0.15, 0.2) is 24.3 Å². The number of nitrogens with zero attached hydrogens (tertiary/aromatic N) is 3. The lowest BCUT2D eigenvalue weighted by Gasteiger charge is -2.16. The molecule has 3 heterocycles. The zero-order valence-corrected chi connectivity index (χ0v) is 16.4. The van der Waals surface area contributed by atoms with Gasteiger partial charge in [-0.1, -0.05) is 6.42 Å². The number of ether oxygens (including phenoxy) is 2. The fourth-order valence-electron chi connectivity index (χ4n) is 3.84. The van der Waals surface area contributed by atoms with E-state index in [4.69, 9.17) is 9.47 Å². The summed E-state index contributed by atoms with van der Waals surface area (Å²) in [7, 11) is 0. The molecule has 0 unspecified atom stereocenters. The molecule has 1 fully saturated rings. The van der Waals surface area contributed by atoms with Crippen molar-refractivity contribution in [1.82, 2.24) is 20.1 Å². The highest BCUT2D eigenvalue weighted by Gasteiger charge is 2.21. The molecule has 2 aliphatic heterocycles. The Morgan fingerprint density at radius 3 is 2.89 bits per heavy atom. The Labute approximate surface area is 165 Å². The number of benzene rings is 1. The van der Waals surface area contributed by atoms with Crippen molar-refractivity contribution in [3.8, 4) is 5.75 Å². The predicted molar refractivity (Wildman–Crippen MR) is 104 cm³/mol. The van der Waals surface area contributed by atoms with Crippen molar-refractivity contribution < 1.29 is 14.3 Å². The SMILES string of the molecule is C[C@@H](NC(=O)c1ccc(OC[C@@H]2CCCO2)cc1)c1nnc2n1CCCCC2. The van der Waals surface area contributed by atoms with Gasteiger partial charge in [-0.05, 0) is 56.9 Å². The average Bonchev–Trinajstić information content (AvgIpc) is 3.32. The quantitative estimate of drug-likeness (QED) is 0.828. The second-order valence-corrected chi connectivity index (χ2v) is 7.60. The van der Waals surface area contributed by atoms with Gasteiger partial charge in [-0.2, -0.15) is 0 Å². The molecule has 7 heteroatoms. The molecule has 1 N–H and O–H groups in total. The van der Waals surface area contributed by atoms with E-state index in [1.54, 1.807) is 12.1 Å². The predicted octanol–water partition coefficient (Wildman–Crippen LogP) is 3.05. The van der Waals surface area contributed by atoms with Gasteiger partial charge in [0.15, 0.2) is 5.82 Å². The third-order valence-electron chi connectivity index (χ3n) is 5.45. The molecule has 1 amide bonds. The molecule has 0 saturated carbocycles. The van der Waals surface area contributed by atoms with Crippen LogP contribution in [0.25, 0.3) is 0 Å². The first-order chi connectivity index (χ1) is 13.7. The number of hydrogen-bond donors (Lipinski definition) is 1. The van der Waals surface area contributed by atoms with E-state index in [1.807, 2.05) is 19.1 Å². The Balaban J connectivity index is 1.34. The molecule has 28 heavy (non-hydrogen) atoms. The van der Waals surface area contributed by atoms with Gasteiger partial charge < -0.3 is 19.4 Å². The van der Waals surface area contributed by atoms with Crippen LogP contribution in [0.2, 0.25) is 0 Å². The molecule has 2 atom stereocenters. The molecule has 0 bridgehead atoms. The Morgan fingerprint density at radius 2 is 2.11 bits per heavy atom. The van der Waals surface area contributed by atoms with Crippen LogP contribution in [0.3, 0.4) is 0 Å². The minimum Gasteiger partial charge on any atom is -0.491 e. The Hall–Kier alpha value is -2.41. The van der Waals surface area contributed by atoms with E-state index in [9.17, 15) is 4.79 Å². The minimum atomic E-state index is -0.192. The van der Waals surface area contributed by atoms with Crippen LogP contribution >= 0.6 is 0 Å². The van der Waals surface area contributed by atoms with Gasteiger partial charge in [0, 0.05) is 25.1 Å². The molecule has 0 aliphatic carbocycles.